The molecule has 0 aliphatic carbocycles. The van der Waals surface area contributed by atoms with Crippen molar-refractivity contribution in [3.8, 4) is 0 Å². The maximum Gasteiger partial charge on any atom is 0.256 e. The quantitative estimate of drug-likeness (QED) is 0.654. The summed E-state index contributed by atoms with van der Waals surface area (Å²) in [5.74, 6) is 0.816. The van der Waals surface area contributed by atoms with E-state index in [1.54, 1.807) is 17.8 Å². The number of carbonyl (C=O) groups excluding carboxylic acids is 2. The Morgan fingerprint density at radius 3 is 2.72 bits per heavy atom. The van der Waals surface area contributed by atoms with Crippen molar-refractivity contribution in [3.05, 3.63) is 82.8 Å². The molecule has 2 aromatic carbocycles. The van der Waals surface area contributed by atoms with Crippen molar-refractivity contribution in [2.45, 2.75) is 24.6 Å². The minimum absolute atomic E-state index is 0.0107. The molecule has 3 aromatic rings. The molecule has 1 aliphatic rings. The summed E-state index contributed by atoms with van der Waals surface area (Å²) in [4.78, 5) is 25.0. The van der Waals surface area contributed by atoms with E-state index < -0.39 is 11.7 Å². The van der Waals surface area contributed by atoms with Crippen molar-refractivity contribution >= 4 is 29.4 Å². The lowest BCUT2D eigenvalue weighted by atomic mass is 10.2. The molecule has 0 saturated heterocycles. The molecule has 0 unspecified atom stereocenters. The molecule has 0 saturated carbocycles. The van der Waals surface area contributed by atoms with Gasteiger partial charge in [0.15, 0.2) is 0 Å². The minimum Gasteiger partial charge on any atom is -0.350 e. The standard InChI is InChI=1S/C21H19FN4O2S/c22-16-8-4-7-15(9-16)21(28)24-20-17-12-29-13-18(17)25-26(20)11-19(27)23-10-14-5-2-1-3-6-14/h1-9H,10-13H2,(H,23,27)(H,24,28). The fourth-order valence-corrected chi connectivity index (χ4v) is 4.15. The number of hydrogen-bond donors (Lipinski definition) is 2. The van der Waals surface area contributed by atoms with Crippen LogP contribution in [0.25, 0.3) is 0 Å². The van der Waals surface area contributed by atoms with Gasteiger partial charge in [0.05, 0.1) is 5.69 Å². The predicted octanol–water partition coefficient (Wildman–Crippen LogP) is 3.34. The third-order valence-electron chi connectivity index (χ3n) is 4.56. The van der Waals surface area contributed by atoms with Gasteiger partial charge in [0, 0.05) is 29.2 Å². The highest BCUT2D eigenvalue weighted by Gasteiger charge is 2.25. The number of carbonyl (C=O) groups is 2. The van der Waals surface area contributed by atoms with Gasteiger partial charge in [-0.1, -0.05) is 36.4 Å². The van der Waals surface area contributed by atoms with Gasteiger partial charge in [0.2, 0.25) is 5.91 Å². The first kappa shape index (κ1) is 19.2. The van der Waals surface area contributed by atoms with E-state index in [1.807, 2.05) is 30.3 Å². The van der Waals surface area contributed by atoms with Crippen LogP contribution < -0.4 is 10.6 Å². The number of nitrogens with zero attached hydrogens (tertiary/aromatic N) is 2. The average molecular weight is 410 g/mol. The smallest absolute Gasteiger partial charge is 0.256 e. The van der Waals surface area contributed by atoms with Crippen LogP contribution in [0.5, 0.6) is 0 Å². The molecule has 148 valence electrons. The van der Waals surface area contributed by atoms with Gasteiger partial charge < -0.3 is 10.6 Å². The number of anilines is 1. The van der Waals surface area contributed by atoms with Crippen molar-refractivity contribution in [2.75, 3.05) is 5.32 Å². The lowest BCUT2D eigenvalue weighted by molar-refractivity contribution is -0.122. The van der Waals surface area contributed by atoms with Crippen molar-refractivity contribution in [1.82, 2.24) is 15.1 Å². The van der Waals surface area contributed by atoms with Crippen LogP contribution in [0.3, 0.4) is 0 Å². The zero-order chi connectivity index (χ0) is 20.2. The molecule has 1 aromatic heterocycles. The lowest BCUT2D eigenvalue weighted by Gasteiger charge is -2.11. The lowest BCUT2D eigenvalue weighted by Crippen LogP contribution is -2.28. The Labute approximate surface area is 171 Å². The fraction of sp³-hybridized carbons (Fsp3) is 0.190. The molecule has 0 bridgehead atoms. The highest BCUT2D eigenvalue weighted by Crippen LogP contribution is 2.34. The van der Waals surface area contributed by atoms with Crippen molar-refractivity contribution < 1.29 is 14.0 Å². The summed E-state index contributed by atoms with van der Waals surface area (Å²) in [6, 6.07) is 15.1. The molecule has 29 heavy (non-hydrogen) atoms. The zero-order valence-corrected chi connectivity index (χ0v) is 16.3. The number of rotatable bonds is 6. The second-order valence-corrected chi connectivity index (χ2v) is 7.64. The zero-order valence-electron chi connectivity index (χ0n) is 15.5. The second-order valence-electron chi connectivity index (χ2n) is 6.65. The van der Waals surface area contributed by atoms with Gasteiger partial charge in [-0.15, -0.1) is 0 Å². The molecule has 6 nitrogen and oxygen atoms in total. The van der Waals surface area contributed by atoms with Crippen LogP contribution >= 0.6 is 11.8 Å². The first-order valence-corrected chi connectivity index (χ1v) is 10.3. The largest absolute Gasteiger partial charge is 0.350 e. The minimum atomic E-state index is -0.479. The first-order valence-electron chi connectivity index (χ1n) is 9.14. The van der Waals surface area contributed by atoms with Crippen LogP contribution in [0.2, 0.25) is 0 Å². The molecule has 0 fully saturated rings. The summed E-state index contributed by atoms with van der Waals surface area (Å²) < 4.78 is 15.0. The summed E-state index contributed by atoms with van der Waals surface area (Å²) in [6.07, 6.45) is 0. The van der Waals surface area contributed by atoms with Gasteiger partial charge in [-0.2, -0.15) is 16.9 Å². The Morgan fingerprint density at radius 1 is 1.10 bits per heavy atom. The third-order valence-corrected chi connectivity index (χ3v) is 5.53. The van der Waals surface area contributed by atoms with E-state index in [1.165, 1.54) is 22.9 Å². The molecule has 8 heteroatoms. The Balaban J connectivity index is 1.49. The third kappa shape index (κ3) is 4.48. The van der Waals surface area contributed by atoms with Crippen molar-refractivity contribution in [2.24, 2.45) is 0 Å². The molecule has 0 atom stereocenters. The maximum absolute atomic E-state index is 13.4. The van der Waals surface area contributed by atoms with E-state index in [0.717, 1.165) is 22.6 Å². The van der Waals surface area contributed by atoms with Crippen LogP contribution in [0, 0.1) is 5.82 Å². The van der Waals surface area contributed by atoms with Gasteiger partial charge in [-0.25, -0.2) is 9.07 Å². The van der Waals surface area contributed by atoms with Crippen LogP contribution in [-0.4, -0.2) is 21.6 Å². The number of nitrogens with one attached hydrogen (secondary N) is 2. The number of fused-ring (bicyclic) bond motifs is 1. The molecule has 0 radical (unpaired) electrons. The second kappa shape index (κ2) is 8.48. The molecule has 1 aliphatic heterocycles. The number of halogens is 1. The monoisotopic (exact) mass is 410 g/mol. The van der Waals surface area contributed by atoms with Crippen LogP contribution in [0.4, 0.5) is 10.2 Å². The van der Waals surface area contributed by atoms with Gasteiger partial charge in [-0.3, -0.25) is 9.59 Å². The molecule has 4 rings (SSSR count). The molecule has 0 spiro atoms. The van der Waals surface area contributed by atoms with Gasteiger partial charge in [0.25, 0.3) is 5.91 Å². The van der Waals surface area contributed by atoms with Crippen LogP contribution in [0.15, 0.2) is 54.6 Å². The number of hydrogen-bond acceptors (Lipinski definition) is 4. The number of aromatic nitrogens is 2. The number of amides is 2. The van der Waals surface area contributed by atoms with E-state index in [-0.39, 0.29) is 18.0 Å². The summed E-state index contributed by atoms with van der Waals surface area (Å²) in [7, 11) is 0. The summed E-state index contributed by atoms with van der Waals surface area (Å²) in [5.41, 5.74) is 2.99. The SMILES string of the molecule is O=C(Cn1nc2c(c1NC(=O)c1cccc(F)c1)CSC2)NCc1ccccc1. The van der Waals surface area contributed by atoms with Crippen LogP contribution in [0.1, 0.15) is 27.2 Å². The van der Waals surface area contributed by atoms with Crippen LogP contribution in [-0.2, 0) is 29.4 Å². The van der Waals surface area contributed by atoms with E-state index in [9.17, 15) is 14.0 Å². The van der Waals surface area contributed by atoms with Gasteiger partial charge in [-0.05, 0) is 23.8 Å². The van der Waals surface area contributed by atoms with Crippen molar-refractivity contribution in [1.29, 1.82) is 0 Å². The first-order chi connectivity index (χ1) is 14.1. The maximum atomic E-state index is 13.4. The Morgan fingerprint density at radius 2 is 1.93 bits per heavy atom. The highest BCUT2D eigenvalue weighted by atomic mass is 32.2. The molecule has 2 amide bonds. The Hall–Kier alpha value is -3.13. The van der Waals surface area contributed by atoms with Gasteiger partial charge in [0.1, 0.15) is 18.2 Å². The van der Waals surface area contributed by atoms with Gasteiger partial charge >= 0.3 is 0 Å². The highest BCUT2D eigenvalue weighted by molar-refractivity contribution is 7.98. The number of thioether (sulfide) groups is 1. The summed E-state index contributed by atoms with van der Waals surface area (Å²) >= 11 is 1.70. The Bertz CT molecular complexity index is 1050. The Kier molecular flexibility index (Phi) is 5.62. The van der Waals surface area contributed by atoms with Crippen molar-refractivity contribution in [3.63, 3.8) is 0 Å². The summed E-state index contributed by atoms with van der Waals surface area (Å²) in [5, 5.41) is 10.2. The fourth-order valence-electron chi connectivity index (χ4n) is 3.12. The molecule has 2 heterocycles. The van der Waals surface area contributed by atoms with E-state index in [0.29, 0.717) is 18.1 Å². The van der Waals surface area contributed by atoms with E-state index in [2.05, 4.69) is 15.7 Å². The normalized spacial score (nSPS) is 12.4. The van der Waals surface area contributed by atoms with E-state index >= 15 is 0 Å². The molecular formula is C21H19FN4O2S. The van der Waals surface area contributed by atoms with E-state index in [4.69, 9.17) is 0 Å². The summed E-state index contributed by atoms with van der Waals surface area (Å²) in [6.45, 7) is 0.407. The molecular weight excluding hydrogens is 391 g/mol. The molecule has 2 N–H and O–H groups in total. The number of benzene rings is 2. The average Bonchev–Trinajstić information content (AvgIpc) is 3.30. The predicted molar refractivity (Wildman–Crippen MR) is 110 cm³/mol. The topological polar surface area (TPSA) is 76.0 Å².